The van der Waals surface area contributed by atoms with Crippen LogP contribution in [0.3, 0.4) is 0 Å². The van der Waals surface area contributed by atoms with Gasteiger partial charge in [-0.05, 0) is 29.6 Å². The van der Waals surface area contributed by atoms with E-state index in [0.717, 1.165) is 0 Å². The second kappa shape index (κ2) is 8.97. The van der Waals surface area contributed by atoms with Gasteiger partial charge in [0.1, 0.15) is 0 Å². The Morgan fingerprint density at radius 3 is 2.62 bits per heavy atom. The van der Waals surface area contributed by atoms with Gasteiger partial charge < -0.3 is 21.1 Å². The second-order valence-electron chi connectivity index (χ2n) is 4.94. The van der Waals surface area contributed by atoms with Crippen LogP contribution in [-0.2, 0) is 14.3 Å². The van der Waals surface area contributed by atoms with Gasteiger partial charge in [0.2, 0.25) is 5.91 Å². The average molecular weight is 396 g/mol. The van der Waals surface area contributed by atoms with Gasteiger partial charge in [0.05, 0.1) is 22.7 Å². The average Bonchev–Trinajstić information content (AvgIpc) is 3.12. The fourth-order valence-corrected chi connectivity index (χ4v) is 2.63. The highest BCUT2D eigenvalue weighted by molar-refractivity contribution is 7.12. The molecule has 1 aromatic carbocycles. The number of thiophene rings is 1. The molecule has 1 heterocycles. The standard InChI is InChI=1S/C16H14ClN3O5S/c17-9-3-4-10(16(24)25-8-14(22)19-7-13(18)21)11(6-9)20-15(23)12-2-1-5-26-12/h1-6H,7-8H2,(H2,18,21)(H,19,22)(H,20,23). The zero-order chi connectivity index (χ0) is 19.1. The zero-order valence-electron chi connectivity index (χ0n) is 13.3. The van der Waals surface area contributed by atoms with Crippen LogP contribution in [0, 0.1) is 0 Å². The molecule has 10 heteroatoms. The number of nitrogens with one attached hydrogen (secondary N) is 2. The summed E-state index contributed by atoms with van der Waals surface area (Å²) in [5.74, 6) is -2.65. The van der Waals surface area contributed by atoms with E-state index >= 15 is 0 Å². The van der Waals surface area contributed by atoms with Crippen molar-refractivity contribution in [2.24, 2.45) is 5.73 Å². The fraction of sp³-hybridized carbons (Fsp3) is 0.125. The summed E-state index contributed by atoms with van der Waals surface area (Å²) in [6.07, 6.45) is 0. The predicted molar refractivity (Wildman–Crippen MR) is 96.2 cm³/mol. The predicted octanol–water partition coefficient (Wildman–Crippen LogP) is 1.41. The first-order valence-corrected chi connectivity index (χ1v) is 8.49. The van der Waals surface area contributed by atoms with Gasteiger partial charge >= 0.3 is 5.97 Å². The number of rotatable bonds is 7. The highest BCUT2D eigenvalue weighted by atomic mass is 35.5. The summed E-state index contributed by atoms with van der Waals surface area (Å²) in [5, 5.41) is 6.82. The molecule has 2 aromatic rings. The van der Waals surface area contributed by atoms with E-state index in [4.69, 9.17) is 22.1 Å². The number of primary amides is 1. The molecule has 0 fully saturated rings. The first-order chi connectivity index (χ1) is 12.4. The van der Waals surface area contributed by atoms with Gasteiger partial charge in [-0.15, -0.1) is 11.3 Å². The smallest absolute Gasteiger partial charge is 0.340 e. The van der Waals surface area contributed by atoms with Crippen LogP contribution in [0.4, 0.5) is 5.69 Å². The molecule has 0 unspecified atom stereocenters. The number of hydrogen-bond acceptors (Lipinski definition) is 6. The normalized spacial score (nSPS) is 10.0. The lowest BCUT2D eigenvalue weighted by Crippen LogP contribution is -2.36. The van der Waals surface area contributed by atoms with Gasteiger partial charge in [0, 0.05) is 5.02 Å². The van der Waals surface area contributed by atoms with Gasteiger partial charge in [-0.25, -0.2) is 4.79 Å². The molecule has 1 aromatic heterocycles. The molecule has 0 bridgehead atoms. The van der Waals surface area contributed by atoms with Crippen molar-refractivity contribution in [1.29, 1.82) is 0 Å². The SMILES string of the molecule is NC(=O)CNC(=O)COC(=O)c1ccc(Cl)cc1NC(=O)c1cccs1. The molecule has 0 aliphatic carbocycles. The minimum Gasteiger partial charge on any atom is -0.452 e. The van der Waals surface area contributed by atoms with Crippen LogP contribution >= 0.6 is 22.9 Å². The van der Waals surface area contributed by atoms with Gasteiger partial charge in [0.25, 0.3) is 11.8 Å². The van der Waals surface area contributed by atoms with Gasteiger partial charge in [-0.2, -0.15) is 0 Å². The summed E-state index contributed by atoms with van der Waals surface area (Å²) < 4.78 is 4.88. The van der Waals surface area contributed by atoms with E-state index < -0.39 is 30.3 Å². The molecule has 0 aliphatic rings. The van der Waals surface area contributed by atoms with E-state index in [0.29, 0.717) is 9.90 Å². The number of carbonyl (C=O) groups is 4. The highest BCUT2D eigenvalue weighted by Gasteiger charge is 2.18. The zero-order valence-corrected chi connectivity index (χ0v) is 14.9. The molecule has 8 nitrogen and oxygen atoms in total. The van der Waals surface area contributed by atoms with Crippen LogP contribution in [0.1, 0.15) is 20.0 Å². The molecule has 4 N–H and O–H groups in total. The van der Waals surface area contributed by atoms with E-state index in [9.17, 15) is 19.2 Å². The van der Waals surface area contributed by atoms with Crippen LogP contribution in [0.2, 0.25) is 5.02 Å². The maximum absolute atomic E-state index is 12.2. The van der Waals surface area contributed by atoms with Gasteiger partial charge in [-0.3, -0.25) is 14.4 Å². The number of benzene rings is 1. The Labute approximate surface area is 157 Å². The fourth-order valence-electron chi connectivity index (χ4n) is 1.84. The Morgan fingerprint density at radius 2 is 1.96 bits per heavy atom. The lowest BCUT2D eigenvalue weighted by Gasteiger charge is -2.11. The third kappa shape index (κ3) is 5.57. The number of esters is 1. The second-order valence-corrected chi connectivity index (χ2v) is 6.32. The molecule has 0 aliphatic heterocycles. The summed E-state index contributed by atoms with van der Waals surface area (Å²) in [6.45, 7) is -0.966. The van der Waals surface area contributed by atoms with E-state index in [1.807, 2.05) is 0 Å². The van der Waals surface area contributed by atoms with Crippen LogP contribution in [0.15, 0.2) is 35.7 Å². The Bertz CT molecular complexity index is 838. The van der Waals surface area contributed by atoms with Gasteiger partial charge in [-0.1, -0.05) is 17.7 Å². The molecule has 0 radical (unpaired) electrons. The maximum Gasteiger partial charge on any atom is 0.340 e. The highest BCUT2D eigenvalue weighted by Crippen LogP contribution is 2.23. The molecule has 2 rings (SSSR count). The minimum atomic E-state index is -0.836. The lowest BCUT2D eigenvalue weighted by atomic mass is 10.1. The molecule has 0 saturated carbocycles. The van der Waals surface area contributed by atoms with E-state index in [2.05, 4.69) is 10.6 Å². The number of carbonyl (C=O) groups excluding carboxylic acids is 4. The monoisotopic (exact) mass is 395 g/mol. The van der Waals surface area contributed by atoms with Crippen molar-refractivity contribution in [3.8, 4) is 0 Å². The van der Waals surface area contributed by atoms with E-state index in [1.54, 1.807) is 17.5 Å². The molecule has 0 atom stereocenters. The lowest BCUT2D eigenvalue weighted by molar-refractivity contribution is -0.127. The number of hydrogen-bond donors (Lipinski definition) is 3. The first-order valence-electron chi connectivity index (χ1n) is 7.23. The van der Waals surface area contributed by atoms with Crippen molar-refractivity contribution in [1.82, 2.24) is 5.32 Å². The van der Waals surface area contributed by atoms with Crippen molar-refractivity contribution in [3.63, 3.8) is 0 Å². The molecular weight excluding hydrogens is 382 g/mol. The largest absolute Gasteiger partial charge is 0.452 e. The van der Waals surface area contributed by atoms with Crippen LogP contribution in [0.5, 0.6) is 0 Å². The third-order valence-corrected chi connectivity index (χ3v) is 4.09. The van der Waals surface area contributed by atoms with Crippen molar-refractivity contribution < 1.29 is 23.9 Å². The maximum atomic E-state index is 12.2. The third-order valence-electron chi connectivity index (χ3n) is 2.99. The number of ether oxygens (including phenoxy) is 1. The van der Waals surface area contributed by atoms with E-state index in [-0.39, 0.29) is 17.8 Å². The number of amides is 3. The molecule has 26 heavy (non-hydrogen) atoms. The molecule has 0 saturated heterocycles. The molecular formula is C16H14ClN3O5S. The van der Waals surface area contributed by atoms with Crippen molar-refractivity contribution in [2.75, 3.05) is 18.5 Å². The molecule has 0 spiro atoms. The van der Waals surface area contributed by atoms with Crippen LogP contribution in [-0.4, -0.2) is 36.8 Å². The summed E-state index contributed by atoms with van der Waals surface area (Å²) in [5.41, 5.74) is 5.08. The summed E-state index contributed by atoms with van der Waals surface area (Å²) in [4.78, 5) is 46.9. The topological polar surface area (TPSA) is 128 Å². The van der Waals surface area contributed by atoms with Crippen molar-refractivity contribution in [2.45, 2.75) is 0 Å². The van der Waals surface area contributed by atoms with Crippen LogP contribution < -0.4 is 16.4 Å². The Hall–Kier alpha value is -2.91. The number of halogens is 1. The Balaban J connectivity index is 2.06. The molecule has 3 amide bonds. The Kier molecular flexibility index (Phi) is 6.70. The van der Waals surface area contributed by atoms with Crippen molar-refractivity contribution >= 4 is 52.3 Å². The van der Waals surface area contributed by atoms with Crippen LogP contribution in [0.25, 0.3) is 0 Å². The summed E-state index contributed by atoms with van der Waals surface area (Å²) in [7, 11) is 0. The van der Waals surface area contributed by atoms with Gasteiger partial charge in [0.15, 0.2) is 6.61 Å². The molecule has 136 valence electrons. The quantitative estimate of drug-likeness (QED) is 0.611. The van der Waals surface area contributed by atoms with Crippen molar-refractivity contribution in [3.05, 3.63) is 51.2 Å². The first kappa shape index (κ1) is 19.4. The summed E-state index contributed by atoms with van der Waals surface area (Å²) in [6, 6.07) is 7.57. The number of anilines is 1. The Morgan fingerprint density at radius 1 is 1.19 bits per heavy atom. The van der Waals surface area contributed by atoms with E-state index in [1.165, 1.54) is 29.5 Å². The minimum absolute atomic E-state index is 0.0296. The number of nitrogens with two attached hydrogens (primary N) is 1. The summed E-state index contributed by atoms with van der Waals surface area (Å²) >= 11 is 7.16.